The molecule has 98 valence electrons. The van der Waals surface area contributed by atoms with Crippen LogP contribution in [0.15, 0.2) is 0 Å². The van der Waals surface area contributed by atoms with Crippen LogP contribution in [0.25, 0.3) is 0 Å². The van der Waals surface area contributed by atoms with Gasteiger partial charge in [-0.1, -0.05) is 0 Å². The van der Waals surface area contributed by atoms with Crippen LogP contribution in [-0.4, -0.2) is 56.2 Å². The molecule has 0 saturated carbocycles. The van der Waals surface area contributed by atoms with E-state index in [-0.39, 0.29) is 23.9 Å². The molecule has 7 heteroatoms. The van der Waals surface area contributed by atoms with Crippen LogP contribution in [0.3, 0.4) is 0 Å². The van der Waals surface area contributed by atoms with Gasteiger partial charge in [-0.15, -0.1) is 0 Å². The Labute approximate surface area is 101 Å². The van der Waals surface area contributed by atoms with Crippen molar-refractivity contribution in [2.24, 2.45) is 0 Å². The molecule has 0 aliphatic carbocycles. The number of rotatable bonds is 2. The fraction of sp³-hybridized carbons (Fsp3) is 0.900. The minimum atomic E-state index is -3.10. The van der Waals surface area contributed by atoms with Crippen LogP contribution >= 0.6 is 0 Å². The Balaban J connectivity index is 1.96. The number of carbonyl (C=O) groups excluding carboxylic acids is 1. The molecule has 0 aromatic heterocycles. The molecule has 2 aliphatic heterocycles. The molecule has 1 spiro atoms. The maximum Gasteiger partial charge on any atom is 0.246 e. The van der Waals surface area contributed by atoms with E-state index < -0.39 is 10.0 Å². The zero-order chi connectivity index (χ0) is 12.5. The zero-order valence-electron chi connectivity index (χ0n) is 9.94. The van der Waals surface area contributed by atoms with Crippen molar-refractivity contribution < 1.29 is 17.9 Å². The minimum absolute atomic E-state index is 0.0839. The summed E-state index contributed by atoms with van der Waals surface area (Å²) < 4.78 is 30.5. The predicted molar refractivity (Wildman–Crippen MR) is 62.0 cm³/mol. The maximum absolute atomic E-state index is 11.7. The highest BCUT2D eigenvalue weighted by Crippen LogP contribution is 2.28. The third kappa shape index (κ3) is 2.61. The first-order chi connectivity index (χ1) is 7.97. The van der Waals surface area contributed by atoms with Gasteiger partial charge < -0.3 is 10.1 Å². The van der Waals surface area contributed by atoms with Crippen molar-refractivity contribution in [1.82, 2.24) is 9.62 Å². The second-order valence-corrected chi connectivity index (χ2v) is 6.81. The first-order valence-corrected chi connectivity index (χ1v) is 7.47. The number of sulfonamides is 1. The Morgan fingerprint density at radius 2 is 2.06 bits per heavy atom. The first-order valence-electron chi connectivity index (χ1n) is 5.86. The average molecular weight is 262 g/mol. The molecule has 0 aromatic rings. The van der Waals surface area contributed by atoms with Gasteiger partial charge in [0.25, 0.3) is 0 Å². The van der Waals surface area contributed by atoms with Crippen molar-refractivity contribution in [2.45, 2.75) is 25.4 Å². The quantitative estimate of drug-likeness (QED) is 0.715. The Bertz CT molecular complexity index is 387. The SMILES string of the molecule is CCS(=O)(=O)N1CCC2(CC1)CNC(=O)CO2. The van der Waals surface area contributed by atoms with Gasteiger partial charge in [-0.05, 0) is 19.8 Å². The molecule has 2 fully saturated rings. The van der Waals surface area contributed by atoms with Gasteiger partial charge in [-0.2, -0.15) is 0 Å². The Hall–Kier alpha value is -0.660. The molecule has 0 bridgehead atoms. The normalized spacial score (nSPS) is 25.8. The van der Waals surface area contributed by atoms with Crippen LogP contribution in [0.4, 0.5) is 0 Å². The van der Waals surface area contributed by atoms with Crippen molar-refractivity contribution in [3.8, 4) is 0 Å². The molecule has 1 N–H and O–H groups in total. The molecule has 17 heavy (non-hydrogen) atoms. The van der Waals surface area contributed by atoms with Gasteiger partial charge in [0.1, 0.15) is 6.61 Å². The van der Waals surface area contributed by atoms with Gasteiger partial charge in [0.2, 0.25) is 15.9 Å². The molecule has 1 amide bonds. The lowest BCUT2D eigenvalue weighted by Crippen LogP contribution is -2.58. The van der Waals surface area contributed by atoms with Crippen LogP contribution < -0.4 is 5.32 Å². The van der Waals surface area contributed by atoms with Gasteiger partial charge in [-0.3, -0.25) is 4.79 Å². The second kappa shape index (κ2) is 4.55. The molecule has 2 aliphatic rings. The summed E-state index contributed by atoms with van der Waals surface area (Å²) in [5, 5.41) is 2.78. The van der Waals surface area contributed by atoms with Gasteiger partial charge in [0.05, 0.1) is 11.4 Å². The van der Waals surface area contributed by atoms with Crippen molar-refractivity contribution in [3.63, 3.8) is 0 Å². The highest BCUT2D eigenvalue weighted by molar-refractivity contribution is 7.89. The van der Waals surface area contributed by atoms with Gasteiger partial charge in [0.15, 0.2) is 0 Å². The Morgan fingerprint density at radius 3 is 2.53 bits per heavy atom. The Kier molecular flexibility index (Phi) is 3.42. The summed E-state index contributed by atoms with van der Waals surface area (Å²) in [6.07, 6.45) is 1.29. The zero-order valence-corrected chi connectivity index (χ0v) is 10.8. The monoisotopic (exact) mass is 262 g/mol. The number of hydrogen-bond donors (Lipinski definition) is 1. The number of piperidine rings is 1. The summed E-state index contributed by atoms with van der Waals surface area (Å²) in [6, 6.07) is 0. The molecule has 0 unspecified atom stereocenters. The number of hydrogen-bond acceptors (Lipinski definition) is 4. The average Bonchev–Trinajstić information content (AvgIpc) is 2.34. The van der Waals surface area contributed by atoms with Crippen molar-refractivity contribution in [3.05, 3.63) is 0 Å². The summed E-state index contributed by atoms with van der Waals surface area (Å²) in [6.45, 7) is 3.18. The molecule has 0 atom stereocenters. The van der Waals surface area contributed by atoms with E-state index in [1.165, 1.54) is 4.31 Å². The van der Waals surface area contributed by atoms with E-state index >= 15 is 0 Å². The minimum Gasteiger partial charge on any atom is -0.363 e. The smallest absolute Gasteiger partial charge is 0.246 e. The van der Waals surface area contributed by atoms with E-state index in [0.29, 0.717) is 32.5 Å². The van der Waals surface area contributed by atoms with Crippen molar-refractivity contribution in [2.75, 3.05) is 32.0 Å². The van der Waals surface area contributed by atoms with E-state index in [2.05, 4.69) is 5.32 Å². The van der Waals surface area contributed by atoms with E-state index in [1.807, 2.05) is 0 Å². The number of amides is 1. The lowest BCUT2D eigenvalue weighted by atomic mass is 9.91. The van der Waals surface area contributed by atoms with E-state index in [1.54, 1.807) is 6.92 Å². The van der Waals surface area contributed by atoms with Crippen LogP contribution in [0.5, 0.6) is 0 Å². The number of carbonyl (C=O) groups is 1. The summed E-state index contributed by atoms with van der Waals surface area (Å²) in [7, 11) is -3.10. The molecular formula is C10H18N2O4S. The molecule has 6 nitrogen and oxygen atoms in total. The van der Waals surface area contributed by atoms with Crippen molar-refractivity contribution >= 4 is 15.9 Å². The molecular weight excluding hydrogens is 244 g/mol. The summed E-state index contributed by atoms with van der Waals surface area (Å²) in [5.41, 5.74) is -0.354. The van der Waals surface area contributed by atoms with Crippen LogP contribution in [0, 0.1) is 0 Å². The van der Waals surface area contributed by atoms with Crippen LogP contribution in [-0.2, 0) is 19.6 Å². The highest BCUT2D eigenvalue weighted by Gasteiger charge is 2.41. The molecule has 2 rings (SSSR count). The van der Waals surface area contributed by atoms with Gasteiger partial charge in [0, 0.05) is 19.6 Å². The lowest BCUT2D eigenvalue weighted by molar-refractivity contribution is -0.148. The largest absolute Gasteiger partial charge is 0.363 e. The summed E-state index contributed by atoms with van der Waals surface area (Å²) in [5.74, 6) is 0.0386. The van der Waals surface area contributed by atoms with E-state index in [9.17, 15) is 13.2 Å². The standard InChI is InChI=1S/C10H18N2O4S/c1-2-17(14,15)12-5-3-10(4-6-12)8-11-9(13)7-16-10/h2-8H2,1H3,(H,11,13). The van der Waals surface area contributed by atoms with Crippen LogP contribution in [0.1, 0.15) is 19.8 Å². The maximum atomic E-state index is 11.7. The second-order valence-electron chi connectivity index (χ2n) is 4.55. The highest BCUT2D eigenvalue weighted by atomic mass is 32.2. The fourth-order valence-corrected chi connectivity index (χ4v) is 3.36. The predicted octanol–water partition coefficient (Wildman–Crippen LogP) is -0.683. The Morgan fingerprint density at radius 1 is 1.41 bits per heavy atom. The van der Waals surface area contributed by atoms with Gasteiger partial charge in [-0.25, -0.2) is 12.7 Å². The lowest BCUT2D eigenvalue weighted by Gasteiger charge is -2.43. The number of ether oxygens (including phenoxy) is 1. The summed E-state index contributed by atoms with van der Waals surface area (Å²) >= 11 is 0. The topological polar surface area (TPSA) is 75.7 Å². The van der Waals surface area contributed by atoms with Crippen LogP contribution in [0.2, 0.25) is 0 Å². The van der Waals surface area contributed by atoms with Crippen molar-refractivity contribution in [1.29, 1.82) is 0 Å². The van der Waals surface area contributed by atoms with E-state index in [0.717, 1.165) is 0 Å². The number of nitrogens with zero attached hydrogens (tertiary/aromatic N) is 1. The van der Waals surface area contributed by atoms with E-state index in [4.69, 9.17) is 4.74 Å². The third-order valence-corrected chi connectivity index (χ3v) is 5.39. The molecule has 0 radical (unpaired) electrons. The summed E-state index contributed by atoms with van der Waals surface area (Å²) in [4.78, 5) is 11.0. The molecule has 2 saturated heterocycles. The fourth-order valence-electron chi connectivity index (χ4n) is 2.26. The molecule has 0 aromatic carbocycles. The third-order valence-electron chi connectivity index (χ3n) is 3.51. The first kappa shape index (κ1) is 12.8. The molecule has 2 heterocycles. The number of morpholine rings is 1. The van der Waals surface area contributed by atoms with Gasteiger partial charge >= 0.3 is 0 Å². The number of nitrogens with one attached hydrogen (secondary N) is 1.